The number of nitrogens with one attached hydrogen (secondary N) is 1. The van der Waals surface area contributed by atoms with E-state index in [1.54, 1.807) is 12.1 Å². The first-order valence-electron chi connectivity index (χ1n) is 15.9. The number of rotatable bonds is 18. The second-order valence-electron chi connectivity index (χ2n) is 11.7. The van der Waals surface area contributed by atoms with Crippen molar-refractivity contribution in [3.05, 3.63) is 124 Å². The molecule has 232 valence electrons. The number of hydrogen-bond donors (Lipinski definition) is 2. The van der Waals surface area contributed by atoms with Gasteiger partial charge in [-0.1, -0.05) is 67.6 Å². The lowest BCUT2D eigenvalue weighted by Gasteiger charge is -2.19. The van der Waals surface area contributed by atoms with E-state index >= 15 is 4.39 Å². The molecule has 2 N–H and O–H groups in total. The molecule has 1 heterocycles. The summed E-state index contributed by atoms with van der Waals surface area (Å²) in [6.07, 6.45) is 8.06. The summed E-state index contributed by atoms with van der Waals surface area (Å²) in [4.78, 5) is 24.6. The lowest BCUT2D eigenvalue weighted by Crippen LogP contribution is -2.16. The van der Waals surface area contributed by atoms with Gasteiger partial charge in [-0.25, -0.2) is 4.39 Å². The number of nitrogens with zero attached hydrogens (tertiary/aromatic N) is 1. The lowest BCUT2D eigenvalue weighted by atomic mass is 9.93. The third-order valence-electron chi connectivity index (χ3n) is 8.51. The van der Waals surface area contributed by atoms with Crippen LogP contribution in [-0.4, -0.2) is 28.0 Å². The quantitative estimate of drug-likeness (QED) is 0.113. The minimum Gasteiger partial charge on any atom is -0.481 e. The molecule has 0 atom stereocenters. The summed E-state index contributed by atoms with van der Waals surface area (Å²) in [5, 5.41) is 12.4. The molecular formula is C38H45FN2O3. The van der Waals surface area contributed by atoms with Gasteiger partial charge in [-0.05, 0) is 99.1 Å². The fourth-order valence-electron chi connectivity index (χ4n) is 6.02. The number of carboxylic acids is 1. The molecule has 0 amide bonds. The topological polar surface area (TPSA) is 71.3 Å². The van der Waals surface area contributed by atoms with E-state index in [9.17, 15) is 9.59 Å². The van der Waals surface area contributed by atoms with Crippen LogP contribution in [0.4, 0.5) is 10.1 Å². The Labute approximate surface area is 261 Å². The van der Waals surface area contributed by atoms with Gasteiger partial charge in [0.15, 0.2) is 5.78 Å². The molecule has 0 saturated heterocycles. The van der Waals surface area contributed by atoms with Gasteiger partial charge in [-0.3, -0.25) is 9.59 Å². The van der Waals surface area contributed by atoms with Gasteiger partial charge in [0.2, 0.25) is 0 Å². The second kappa shape index (κ2) is 16.6. The Morgan fingerprint density at radius 1 is 0.841 bits per heavy atom. The lowest BCUT2D eigenvalue weighted by molar-refractivity contribution is -0.137. The minimum atomic E-state index is -0.827. The average molecular weight is 597 g/mol. The van der Waals surface area contributed by atoms with E-state index in [1.165, 1.54) is 17.2 Å². The van der Waals surface area contributed by atoms with Gasteiger partial charge in [-0.15, -0.1) is 0 Å². The van der Waals surface area contributed by atoms with Crippen LogP contribution >= 0.6 is 0 Å². The van der Waals surface area contributed by atoms with E-state index in [2.05, 4.69) is 53.8 Å². The first-order chi connectivity index (χ1) is 21.4. The van der Waals surface area contributed by atoms with Gasteiger partial charge >= 0.3 is 5.97 Å². The van der Waals surface area contributed by atoms with Crippen molar-refractivity contribution in [3.8, 4) is 0 Å². The third-order valence-corrected chi connectivity index (χ3v) is 8.51. The zero-order valence-corrected chi connectivity index (χ0v) is 26.0. The zero-order valence-electron chi connectivity index (χ0n) is 26.0. The molecular weight excluding hydrogens is 551 g/mol. The Morgan fingerprint density at radius 2 is 1.45 bits per heavy atom. The maximum Gasteiger partial charge on any atom is 0.303 e. The highest BCUT2D eigenvalue weighted by Crippen LogP contribution is 2.25. The summed E-state index contributed by atoms with van der Waals surface area (Å²) in [6, 6.07) is 27.5. The number of hydrogen-bond acceptors (Lipinski definition) is 3. The molecule has 44 heavy (non-hydrogen) atoms. The molecule has 0 aliphatic carbocycles. The number of anilines is 1. The van der Waals surface area contributed by atoms with Crippen molar-refractivity contribution in [2.75, 3.05) is 11.9 Å². The van der Waals surface area contributed by atoms with Gasteiger partial charge < -0.3 is 15.0 Å². The summed E-state index contributed by atoms with van der Waals surface area (Å²) >= 11 is 0. The van der Waals surface area contributed by atoms with Crippen LogP contribution < -0.4 is 5.32 Å². The van der Waals surface area contributed by atoms with Crippen LogP contribution in [0.5, 0.6) is 0 Å². The molecule has 0 bridgehead atoms. The summed E-state index contributed by atoms with van der Waals surface area (Å²) in [6.45, 7) is 2.64. The maximum absolute atomic E-state index is 15.0. The van der Waals surface area contributed by atoms with E-state index in [0.29, 0.717) is 48.5 Å². The first kappa shape index (κ1) is 32.7. The van der Waals surface area contributed by atoms with E-state index in [-0.39, 0.29) is 18.0 Å². The summed E-state index contributed by atoms with van der Waals surface area (Å²) in [5.74, 6) is -0.971. The Balaban J connectivity index is 1.44. The predicted octanol–water partition coefficient (Wildman–Crippen LogP) is 8.44. The second-order valence-corrected chi connectivity index (χ2v) is 11.7. The highest BCUT2D eigenvalue weighted by atomic mass is 19.1. The highest BCUT2D eigenvalue weighted by molar-refractivity contribution is 6.10. The smallest absolute Gasteiger partial charge is 0.303 e. The molecule has 4 aromatic rings. The molecule has 0 fully saturated rings. The molecule has 1 aromatic heterocycles. The molecule has 0 unspecified atom stereocenters. The largest absolute Gasteiger partial charge is 0.481 e. The number of carbonyl (C=O) groups is 2. The number of ketones is 1. The standard InChI is InChI=1S/C38H45FN2O3/c1-3-36-33(26-32(41(36)2)21-12-22-37(42)43)38(44)31-23-24-34(39)35(25-31)40-27-30(19-10-17-28-13-6-4-7-14-28)20-11-18-29-15-8-5-9-16-29/h4-9,13-16,23-26,30,40H,3,10-12,17-22,27H2,1-2H3,(H,42,43). The number of aliphatic carboxylic acids is 1. The van der Waals surface area contributed by atoms with E-state index < -0.39 is 5.97 Å². The number of halogens is 1. The number of benzene rings is 3. The molecule has 3 aromatic carbocycles. The van der Waals surface area contributed by atoms with E-state index in [4.69, 9.17) is 5.11 Å². The maximum atomic E-state index is 15.0. The predicted molar refractivity (Wildman–Crippen MR) is 176 cm³/mol. The average Bonchev–Trinajstić information content (AvgIpc) is 3.35. The molecule has 0 aliphatic heterocycles. The van der Waals surface area contributed by atoms with Crippen LogP contribution in [0.3, 0.4) is 0 Å². The van der Waals surface area contributed by atoms with Gasteiger partial charge in [0.25, 0.3) is 0 Å². The number of carboxylic acid groups (broad SMARTS) is 1. The van der Waals surface area contributed by atoms with Gasteiger partial charge in [0.05, 0.1) is 5.69 Å². The molecule has 0 spiro atoms. The fraction of sp³-hybridized carbons (Fsp3) is 0.368. The van der Waals surface area contributed by atoms with Gasteiger partial charge in [-0.2, -0.15) is 0 Å². The van der Waals surface area contributed by atoms with Crippen molar-refractivity contribution in [1.29, 1.82) is 0 Å². The molecule has 6 heteroatoms. The number of carbonyl (C=O) groups excluding carboxylic acids is 1. The Hall–Kier alpha value is -4.19. The number of aromatic nitrogens is 1. The zero-order chi connectivity index (χ0) is 31.3. The third kappa shape index (κ3) is 9.40. The Kier molecular flexibility index (Phi) is 12.3. The van der Waals surface area contributed by atoms with Crippen LogP contribution in [0.2, 0.25) is 0 Å². The van der Waals surface area contributed by atoms with Crippen molar-refractivity contribution < 1.29 is 19.1 Å². The van der Waals surface area contributed by atoms with Crippen LogP contribution in [0.1, 0.15) is 83.9 Å². The van der Waals surface area contributed by atoms with Gasteiger partial charge in [0, 0.05) is 42.5 Å². The normalized spacial score (nSPS) is 11.2. The number of aryl methyl sites for hydroxylation is 3. The molecule has 0 saturated carbocycles. The SMILES string of the molecule is CCc1c(C(=O)c2ccc(F)c(NCC(CCCc3ccccc3)CCCc3ccccc3)c2)cc(CCCC(=O)O)n1C. The summed E-state index contributed by atoms with van der Waals surface area (Å²) in [5.41, 5.74) is 5.88. The minimum absolute atomic E-state index is 0.0857. The van der Waals surface area contributed by atoms with Gasteiger partial charge in [0.1, 0.15) is 5.82 Å². The molecule has 4 rings (SSSR count). The fourth-order valence-corrected chi connectivity index (χ4v) is 6.02. The van der Waals surface area contributed by atoms with Crippen molar-refractivity contribution in [2.45, 2.75) is 71.1 Å². The summed E-state index contributed by atoms with van der Waals surface area (Å²) in [7, 11) is 1.92. The van der Waals surface area contributed by atoms with Crippen LogP contribution in [0.25, 0.3) is 0 Å². The van der Waals surface area contributed by atoms with Crippen molar-refractivity contribution in [2.24, 2.45) is 13.0 Å². The van der Waals surface area contributed by atoms with Crippen molar-refractivity contribution in [1.82, 2.24) is 4.57 Å². The molecule has 0 radical (unpaired) electrons. The summed E-state index contributed by atoms with van der Waals surface area (Å²) < 4.78 is 17.0. The van der Waals surface area contributed by atoms with E-state index in [0.717, 1.165) is 49.9 Å². The van der Waals surface area contributed by atoms with Crippen molar-refractivity contribution in [3.63, 3.8) is 0 Å². The van der Waals surface area contributed by atoms with Crippen LogP contribution in [0, 0.1) is 11.7 Å². The molecule has 0 aliphatic rings. The van der Waals surface area contributed by atoms with Crippen LogP contribution in [0.15, 0.2) is 84.9 Å². The van der Waals surface area contributed by atoms with Crippen LogP contribution in [-0.2, 0) is 37.5 Å². The van der Waals surface area contributed by atoms with Crippen molar-refractivity contribution >= 4 is 17.4 Å². The monoisotopic (exact) mass is 596 g/mol. The Bertz CT molecular complexity index is 1450. The molecule has 5 nitrogen and oxygen atoms in total. The Morgan fingerprint density at radius 3 is 2.02 bits per heavy atom. The highest BCUT2D eigenvalue weighted by Gasteiger charge is 2.20. The van der Waals surface area contributed by atoms with E-state index in [1.807, 2.05) is 36.7 Å². The first-order valence-corrected chi connectivity index (χ1v) is 15.9.